The Morgan fingerprint density at radius 3 is 2.79 bits per heavy atom. The van der Waals surface area contributed by atoms with Crippen LogP contribution in [-0.2, 0) is 6.54 Å². The zero-order chi connectivity index (χ0) is 13.7. The summed E-state index contributed by atoms with van der Waals surface area (Å²) in [5.41, 5.74) is 1.36. The van der Waals surface area contributed by atoms with Crippen LogP contribution in [0.4, 0.5) is 5.82 Å². The minimum atomic E-state index is -0.169. The van der Waals surface area contributed by atoms with Crippen molar-refractivity contribution in [1.82, 2.24) is 19.9 Å². The number of hydrogen-bond acceptors (Lipinski definition) is 5. The number of amides is 1. The molecule has 0 atom stereocenters. The molecule has 0 saturated carbocycles. The van der Waals surface area contributed by atoms with Gasteiger partial charge in [-0.05, 0) is 11.6 Å². The predicted molar refractivity (Wildman–Crippen MR) is 71.6 cm³/mol. The van der Waals surface area contributed by atoms with Crippen molar-refractivity contribution in [2.45, 2.75) is 6.54 Å². The number of rotatable bonds is 4. The summed E-state index contributed by atoms with van der Waals surface area (Å²) < 4.78 is 0. The third-order valence-corrected chi connectivity index (χ3v) is 2.46. The summed E-state index contributed by atoms with van der Waals surface area (Å²) in [5.74, 6) is 0.397. The first-order valence-corrected chi connectivity index (χ1v) is 5.83. The number of pyridine rings is 1. The molecule has 0 aliphatic rings. The number of hydrogen-bond donors (Lipinski definition) is 1. The maximum absolute atomic E-state index is 11.8. The number of anilines is 1. The molecule has 0 aromatic carbocycles. The van der Waals surface area contributed by atoms with E-state index in [-0.39, 0.29) is 5.91 Å². The maximum atomic E-state index is 11.8. The van der Waals surface area contributed by atoms with Gasteiger partial charge < -0.3 is 10.2 Å². The first kappa shape index (κ1) is 12.9. The Hall–Kier alpha value is -2.50. The van der Waals surface area contributed by atoms with Crippen molar-refractivity contribution in [2.75, 3.05) is 19.4 Å². The zero-order valence-electron chi connectivity index (χ0n) is 10.9. The Morgan fingerprint density at radius 1 is 1.26 bits per heavy atom. The lowest BCUT2D eigenvalue weighted by Gasteiger charge is -2.10. The largest absolute Gasteiger partial charge is 0.365 e. The van der Waals surface area contributed by atoms with Crippen LogP contribution in [0.5, 0.6) is 0 Å². The van der Waals surface area contributed by atoms with E-state index in [1.54, 1.807) is 32.7 Å². The summed E-state index contributed by atoms with van der Waals surface area (Å²) in [6.07, 6.45) is 6.54. The standard InChI is InChI=1S/C13H15N5O/c1-18(2)13(19)11-8-15-9-12(17-11)16-7-10-4-3-5-14-6-10/h3-6,8-9H,7H2,1-2H3,(H,16,17). The molecule has 0 spiro atoms. The third kappa shape index (κ3) is 3.48. The first-order chi connectivity index (χ1) is 9.16. The van der Waals surface area contributed by atoms with Crippen molar-refractivity contribution in [2.24, 2.45) is 0 Å². The molecule has 2 rings (SSSR count). The van der Waals surface area contributed by atoms with Crippen LogP contribution in [0, 0.1) is 0 Å². The molecule has 0 aliphatic heterocycles. The van der Waals surface area contributed by atoms with E-state index in [2.05, 4.69) is 20.3 Å². The Labute approximate surface area is 111 Å². The van der Waals surface area contributed by atoms with E-state index < -0.39 is 0 Å². The van der Waals surface area contributed by atoms with Crippen LogP contribution < -0.4 is 5.32 Å². The third-order valence-electron chi connectivity index (χ3n) is 2.46. The number of carbonyl (C=O) groups is 1. The molecule has 6 nitrogen and oxygen atoms in total. The number of aromatic nitrogens is 3. The molecule has 0 fully saturated rings. The van der Waals surface area contributed by atoms with Gasteiger partial charge in [-0.15, -0.1) is 0 Å². The van der Waals surface area contributed by atoms with E-state index in [1.165, 1.54) is 11.1 Å². The SMILES string of the molecule is CN(C)C(=O)c1cncc(NCc2cccnc2)n1. The van der Waals surface area contributed by atoms with Crippen molar-refractivity contribution < 1.29 is 4.79 Å². The number of nitrogens with zero attached hydrogens (tertiary/aromatic N) is 4. The molecule has 0 aliphatic carbocycles. The summed E-state index contributed by atoms with van der Waals surface area (Å²) in [6.45, 7) is 0.585. The van der Waals surface area contributed by atoms with Gasteiger partial charge in [-0.1, -0.05) is 6.07 Å². The first-order valence-electron chi connectivity index (χ1n) is 5.83. The zero-order valence-corrected chi connectivity index (χ0v) is 10.9. The van der Waals surface area contributed by atoms with Crippen LogP contribution in [0.1, 0.15) is 16.1 Å². The molecule has 0 radical (unpaired) electrons. The van der Waals surface area contributed by atoms with Crippen LogP contribution in [0.3, 0.4) is 0 Å². The maximum Gasteiger partial charge on any atom is 0.273 e. The van der Waals surface area contributed by atoms with Crippen LogP contribution in [0.25, 0.3) is 0 Å². The summed E-state index contributed by atoms with van der Waals surface area (Å²) in [6, 6.07) is 3.83. The van der Waals surface area contributed by atoms with Crippen LogP contribution >= 0.6 is 0 Å². The quantitative estimate of drug-likeness (QED) is 0.890. The predicted octanol–water partition coefficient (Wildman–Crippen LogP) is 1.19. The van der Waals surface area contributed by atoms with Gasteiger partial charge in [-0.3, -0.25) is 14.8 Å². The van der Waals surface area contributed by atoms with Crippen LogP contribution in [-0.4, -0.2) is 39.9 Å². The van der Waals surface area contributed by atoms with Gasteiger partial charge in [0.2, 0.25) is 0 Å². The van der Waals surface area contributed by atoms with E-state index >= 15 is 0 Å². The highest BCUT2D eigenvalue weighted by atomic mass is 16.2. The molecular weight excluding hydrogens is 242 g/mol. The van der Waals surface area contributed by atoms with Gasteiger partial charge in [0.05, 0.1) is 12.4 Å². The van der Waals surface area contributed by atoms with E-state index in [4.69, 9.17) is 0 Å². The van der Waals surface area contributed by atoms with Gasteiger partial charge in [-0.2, -0.15) is 0 Å². The monoisotopic (exact) mass is 257 g/mol. The molecule has 2 aromatic rings. The van der Waals surface area contributed by atoms with E-state index in [9.17, 15) is 4.79 Å². The van der Waals surface area contributed by atoms with Gasteiger partial charge in [0, 0.05) is 33.0 Å². The second-order valence-corrected chi connectivity index (χ2v) is 4.20. The second kappa shape index (κ2) is 5.90. The summed E-state index contributed by atoms with van der Waals surface area (Å²) in [7, 11) is 3.36. The second-order valence-electron chi connectivity index (χ2n) is 4.20. The van der Waals surface area contributed by atoms with Crippen molar-refractivity contribution in [3.8, 4) is 0 Å². The van der Waals surface area contributed by atoms with Crippen molar-refractivity contribution in [1.29, 1.82) is 0 Å². The fourth-order valence-corrected chi connectivity index (χ4v) is 1.48. The summed E-state index contributed by atoms with van der Waals surface area (Å²) >= 11 is 0. The Bertz CT molecular complexity index is 556. The van der Waals surface area contributed by atoms with Crippen molar-refractivity contribution in [3.63, 3.8) is 0 Å². The average molecular weight is 257 g/mol. The highest BCUT2D eigenvalue weighted by molar-refractivity contribution is 5.91. The average Bonchev–Trinajstić information content (AvgIpc) is 2.45. The Kier molecular flexibility index (Phi) is 4.02. The van der Waals surface area contributed by atoms with Gasteiger partial charge in [0.15, 0.2) is 0 Å². The fourth-order valence-electron chi connectivity index (χ4n) is 1.48. The summed E-state index contributed by atoms with van der Waals surface area (Å²) in [5, 5.41) is 3.11. The molecule has 1 amide bonds. The molecule has 0 saturated heterocycles. The van der Waals surface area contributed by atoms with Crippen molar-refractivity contribution in [3.05, 3.63) is 48.2 Å². The highest BCUT2D eigenvalue weighted by Gasteiger charge is 2.10. The molecule has 0 unspecified atom stereocenters. The number of nitrogens with one attached hydrogen (secondary N) is 1. The molecule has 0 bridgehead atoms. The van der Waals surface area contributed by atoms with Gasteiger partial charge in [-0.25, -0.2) is 4.98 Å². The topological polar surface area (TPSA) is 71.0 Å². The smallest absolute Gasteiger partial charge is 0.273 e. The molecule has 98 valence electrons. The normalized spacial score (nSPS) is 10.0. The molecule has 19 heavy (non-hydrogen) atoms. The number of carbonyl (C=O) groups excluding carboxylic acids is 1. The van der Waals surface area contributed by atoms with Crippen LogP contribution in [0.2, 0.25) is 0 Å². The Morgan fingerprint density at radius 2 is 2.11 bits per heavy atom. The van der Waals surface area contributed by atoms with E-state index in [0.29, 0.717) is 18.1 Å². The Balaban J connectivity index is 2.05. The molecule has 2 heterocycles. The van der Waals surface area contributed by atoms with Gasteiger partial charge in [0.1, 0.15) is 11.5 Å². The molecule has 2 aromatic heterocycles. The minimum Gasteiger partial charge on any atom is -0.365 e. The van der Waals surface area contributed by atoms with Crippen LogP contribution in [0.15, 0.2) is 36.9 Å². The molecular formula is C13H15N5O. The van der Waals surface area contributed by atoms with Gasteiger partial charge >= 0.3 is 0 Å². The van der Waals surface area contributed by atoms with Crippen molar-refractivity contribution >= 4 is 11.7 Å². The lowest BCUT2D eigenvalue weighted by atomic mass is 10.3. The van der Waals surface area contributed by atoms with Gasteiger partial charge in [0.25, 0.3) is 5.91 Å². The lowest BCUT2D eigenvalue weighted by Crippen LogP contribution is -2.23. The lowest BCUT2D eigenvalue weighted by molar-refractivity contribution is 0.0821. The molecule has 1 N–H and O–H groups in total. The fraction of sp³-hybridized carbons (Fsp3) is 0.231. The minimum absolute atomic E-state index is 0.169. The van der Waals surface area contributed by atoms with E-state index in [0.717, 1.165) is 5.56 Å². The van der Waals surface area contributed by atoms with E-state index in [1.807, 2.05) is 12.1 Å². The highest BCUT2D eigenvalue weighted by Crippen LogP contribution is 2.06. The molecule has 6 heteroatoms. The summed E-state index contributed by atoms with van der Waals surface area (Å²) in [4.78, 5) is 25.5.